The van der Waals surface area contributed by atoms with E-state index in [9.17, 15) is 10.1 Å². The van der Waals surface area contributed by atoms with Crippen LogP contribution in [0.5, 0.6) is 11.6 Å². The maximum atomic E-state index is 10.5. The molecule has 1 aromatic carbocycles. The lowest BCUT2D eigenvalue weighted by Gasteiger charge is -2.05. The zero-order chi connectivity index (χ0) is 12.3. The lowest BCUT2D eigenvalue weighted by Crippen LogP contribution is -1.90. The fourth-order valence-electron chi connectivity index (χ4n) is 1.21. The highest BCUT2D eigenvalue weighted by molar-refractivity contribution is 6.32. The Morgan fingerprint density at radius 1 is 1.29 bits per heavy atom. The lowest BCUT2D eigenvalue weighted by molar-refractivity contribution is -0.384. The van der Waals surface area contributed by atoms with E-state index in [2.05, 4.69) is 4.98 Å². The van der Waals surface area contributed by atoms with Crippen molar-refractivity contribution >= 4 is 17.3 Å². The van der Waals surface area contributed by atoms with E-state index in [-0.39, 0.29) is 10.7 Å². The van der Waals surface area contributed by atoms with Crippen molar-refractivity contribution in [2.24, 2.45) is 0 Å². The second-order valence-electron chi connectivity index (χ2n) is 3.14. The van der Waals surface area contributed by atoms with Crippen molar-refractivity contribution in [1.29, 1.82) is 0 Å². The second kappa shape index (κ2) is 4.80. The molecule has 86 valence electrons. The number of non-ortho nitro benzene ring substituents is 1. The van der Waals surface area contributed by atoms with Crippen LogP contribution in [0.3, 0.4) is 0 Å². The van der Waals surface area contributed by atoms with Crippen molar-refractivity contribution in [3.05, 3.63) is 57.7 Å². The first kappa shape index (κ1) is 11.3. The number of halogens is 1. The zero-order valence-electron chi connectivity index (χ0n) is 8.54. The summed E-state index contributed by atoms with van der Waals surface area (Å²) in [5, 5.41) is 10.7. The molecule has 2 aromatic rings. The number of hydrogen-bond acceptors (Lipinski definition) is 4. The quantitative estimate of drug-likeness (QED) is 0.618. The molecular formula is C11H7ClN2O3. The van der Waals surface area contributed by atoms with Gasteiger partial charge in [-0.3, -0.25) is 10.1 Å². The molecular weight excluding hydrogens is 244 g/mol. The average molecular weight is 251 g/mol. The Labute approximate surface area is 102 Å². The summed E-state index contributed by atoms with van der Waals surface area (Å²) in [6.07, 6.45) is 1.58. The van der Waals surface area contributed by atoms with E-state index in [1.165, 1.54) is 18.2 Å². The monoisotopic (exact) mass is 250 g/mol. The standard InChI is InChI=1S/C11H7ClN2O3/c12-9-7-8(14(15)16)4-5-10(9)17-11-3-1-2-6-13-11/h1-7H. The van der Waals surface area contributed by atoms with E-state index in [1.807, 2.05) is 0 Å². The van der Waals surface area contributed by atoms with Gasteiger partial charge in [0.15, 0.2) is 0 Å². The highest BCUT2D eigenvalue weighted by Gasteiger charge is 2.10. The molecule has 6 heteroatoms. The van der Waals surface area contributed by atoms with Crippen LogP contribution < -0.4 is 4.74 Å². The molecule has 0 unspecified atom stereocenters. The number of aromatic nitrogens is 1. The molecule has 0 radical (unpaired) electrons. The fourth-order valence-corrected chi connectivity index (χ4v) is 1.42. The summed E-state index contributed by atoms with van der Waals surface area (Å²) >= 11 is 5.87. The number of nitrogens with zero attached hydrogens (tertiary/aromatic N) is 2. The molecule has 0 spiro atoms. The summed E-state index contributed by atoms with van der Waals surface area (Å²) in [4.78, 5) is 14.0. The Bertz CT molecular complexity index is 546. The van der Waals surface area contributed by atoms with Gasteiger partial charge >= 0.3 is 0 Å². The maximum Gasteiger partial charge on any atom is 0.271 e. The molecule has 1 aromatic heterocycles. The van der Waals surface area contributed by atoms with Gasteiger partial charge in [0, 0.05) is 24.4 Å². The third kappa shape index (κ3) is 2.70. The van der Waals surface area contributed by atoms with Crippen LogP contribution in [0.2, 0.25) is 5.02 Å². The van der Waals surface area contributed by atoms with Gasteiger partial charge in [0.25, 0.3) is 5.69 Å². The molecule has 0 fully saturated rings. The van der Waals surface area contributed by atoms with Crippen LogP contribution in [-0.2, 0) is 0 Å². The van der Waals surface area contributed by atoms with Gasteiger partial charge in [0.05, 0.1) is 9.95 Å². The number of rotatable bonds is 3. The fraction of sp³-hybridized carbons (Fsp3) is 0. The van der Waals surface area contributed by atoms with Gasteiger partial charge in [-0.05, 0) is 12.1 Å². The summed E-state index contributed by atoms with van der Waals surface area (Å²) in [5.41, 5.74) is -0.0802. The molecule has 2 rings (SSSR count). The van der Waals surface area contributed by atoms with Gasteiger partial charge in [-0.2, -0.15) is 0 Å². The van der Waals surface area contributed by atoms with E-state index in [0.717, 1.165) is 0 Å². The van der Waals surface area contributed by atoms with Crippen LogP contribution >= 0.6 is 11.6 Å². The first-order valence-electron chi connectivity index (χ1n) is 4.69. The van der Waals surface area contributed by atoms with Crippen molar-refractivity contribution in [2.75, 3.05) is 0 Å². The summed E-state index contributed by atoms with van der Waals surface area (Å²) in [6, 6.07) is 9.18. The number of pyridine rings is 1. The molecule has 1 heterocycles. The second-order valence-corrected chi connectivity index (χ2v) is 3.55. The Balaban J connectivity index is 2.26. The molecule has 0 saturated heterocycles. The summed E-state index contributed by atoms with van der Waals surface area (Å²) in [6.45, 7) is 0. The van der Waals surface area contributed by atoms with Gasteiger partial charge in [-0.1, -0.05) is 17.7 Å². The predicted molar refractivity (Wildman–Crippen MR) is 62.4 cm³/mol. The summed E-state index contributed by atoms with van der Waals surface area (Å²) in [5.74, 6) is 0.708. The van der Waals surface area contributed by atoms with Crippen LogP contribution in [0.25, 0.3) is 0 Å². The highest BCUT2D eigenvalue weighted by Crippen LogP contribution is 2.31. The maximum absolute atomic E-state index is 10.5. The third-order valence-corrected chi connectivity index (χ3v) is 2.27. The molecule has 0 aliphatic carbocycles. The van der Waals surface area contributed by atoms with Crippen LogP contribution in [0.1, 0.15) is 0 Å². The average Bonchev–Trinajstić information content (AvgIpc) is 2.33. The van der Waals surface area contributed by atoms with E-state index >= 15 is 0 Å². The number of ether oxygens (including phenoxy) is 1. The lowest BCUT2D eigenvalue weighted by atomic mass is 10.3. The van der Waals surface area contributed by atoms with E-state index in [4.69, 9.17) is 16.3 Å². The predicted octanol–water partition coefficient (Wildman–Crippen LogP) is 3.44. The van der Waals surface area contributed by atoms with Crippen LogP contribution in [-0.4, -0.2) is 9.91 Å². The molecule has 0 saturated carbocycles. The molecule has 5 nitrogen and oxygen atoms in total. The van der Waals surface area contributed by atoms with Gasteiger partial charge in [0.2, 0.25) is 5.88 Å². The molecule has 0 bridgehead atoms. The van der Waals surface area contributed by atoms with Gasteiger partial charge < -0.3 is 4.74 Å². The summed E-state index contributed by atoms with van der Waals surface area (Å²) in [7, 11) is 0. The van der Waals surface area contributed by atoms with Crippen molar-refractivity contribution in [3.63, 3.8) is 0 Å². The number of nitro benzene ring substituents is 1. The minimum absolute atomic E-state index is 0.0802. The minimum Gasteiger partial charge on any atom is -0.437 e. The van der Waals surface area contributed by atoms with Crippen molar-refractivity contribution in [3.8, 4) is 11.6 Å². The molecule has 0 amide bonds. The smallest absolute Gasteiger partial charge is 0.271 e. The van der Waals surface area contributed by atoms with Crippen molar-refractivity contribution in [1.82, 2.24) is 4.98 Å². The van der Waals surface area contributed by atoms with E-state index in [1.54, 1.807) is 24.4 Å². The SMILES string of the molecule is O=[N+]([O-])c1ccc(Oc2ccccn2)c(Cl)c1. The van der Waals surface area contributed by atoms with E-state index < -0.39 is 4.92 Å². The first-order chi connectivity index (χ1) is 8.16. The van der Waals surface area contributed by atoms with Crippen LogP contribution in [0.4, 0.5) is 5.69 Å². The highest BCUT2D eigenvalue weighted by atomic mass is 35.5. The molecule has 0 N–H and O–H groups in total. The number of hydrogen-bond donors (Lipinski definition) is 0. The van der Waals surface area contributed by atoms with Gasteiger partial charge in [0.1, 0.15) is 5.75 Å². The van der Waals surface area contributed by atoms with Crippen LogP contribution in [0.15, 0.2) is 42.6 Å². The Kier molecular flexibility index (Phi) is 3.20. The van der Waals surface area contributed by atoms with Crippen LogP contribution in [0, 0.1) is 10.1 Å². The molecule has 0 aliphatic rings. The first-order valence-corrected chi connectivity index (χ1v) is 5.07. The zero-order valence-corrected chi connectivity index (χ0v) is 9.29. The van der Waals surface area contributed by atoms with Crippen molar-refractivity contribution < 1.29 is 9.66 Å². The topological polar surface area (TPSA) is 65.3 Å². The Morgan fingerprint density at radius 2 is 2.12 bits per heavy atom. The molecule has 17 heavy (non-hydrogen) atoms. The van der Waals surface area contributed by atoms with E-state index in [0.29, 0.717) is 11.6 Å². The normalized spacial score (nSPS) is 9.94. The Morgan fingerprint density at radius 3 is 2.71 bits per heavy atom. The number of nitro groups is 1. The molecule has 0 atom stereocenters. The molecule has 0 aliphatic heterocycles. The van der Waals surface area contributed by atoms with Gasteiger partial charge in [-0.15, -0.1) is 0 Å². The minimum atomic E-state index is -0.517. The van der Waals surface area contributed by atoms with Crippen molar-refractivity contribution in [2.45, 2.75) is 0 Å². The summed E-state index contributed by atoms with van der Waals surface area (Å²) < 4.78 is 5.38. The largest absolute Gasteiger partial charge is 0.437 e. The van der Waals surface area contributed by atoms with Gasteiger partial charge in [-0.25, -0.2) is 4.98 Å². The third-order valence-electron chi connectivity index (χ3n) is 1.98. The number of benzene rings is 1. The Hall–Kier alpha value is -2.14.